The van der Waals surface area contributed by atoms with Gasteiger partial charge in [-0.3, -0.25) is 14.4 Å². The van der Waals surface area contributed by atoms with E-state index < -0.39 is 18.1 Å². The summed E-state index contributed by atoms with van der Waals surface area (Å²) in [4.78, 5) is 55.9. The number of nitrogens with one attached hydrogen (secondary N) is 4. The Morgan fingerprint density at radius 1 is 0.973 bits per heavy atom. The number of benzene rings is 1. The molecule has 0 unspecified atom stereocenters. The molecule has 0 spiro atoms. The zero-order valence-corrected chi connectivity index (χ0v) is 22.0. The standard InChI is InChI=1S/C27H40N6O4/c1-17(28-2)24(34)31-22-16-32(27(37)29-3)15-14-19-12-13-23(33(19)26(22)36)25(35)30-21-11-7-10-20(21)18-8-5-4-6-9-18/h4-6,8-9,17,19-23,28H,7,10-16H2,1-3H3,(H,29,37)(H,30,35)(H,31,34)/t17-,19+,20+,21-,22-,23-/m0/s1. The van der Waals surface area contributed by atoms with Gasteiger partial charge >= 0.3 is 6.03 Å². The quantitative estimate of drug-likeness (QED) is 0.452. The minimum Gasteiger partial charge on any atom is -0.351 e. The van der Waals surface area contributed by atoms with Gasteiger partial charge in [0, 0.05) is 31.6 Å². The first kappa shape index (κ1) is 26.9. The SMILES string of the molecule is CNC(=O)N1CC[C@H]2CC[C@@H](C(=O)N[C@H]3CCC[C@@H]3c3ccccc3)N2C(=O)[C@@H](NC(=O)[C@H](C)NC)C1. The maximum atomic E-state index is 13.9. The van der Waals surface area contributed by atoms with Gasteiger partial charge in [-0.1, -0.05) is 36.8 Å². The summed E-state index contributed by atoms with van der Waals surface area (Å²) in [6, 6.07) is 7.84. The predicted molar refractivity (Wildman–Crippen MR) is 140 cm³/mol. The fourth-order valence-electron chi connectivity index (χ4n) is 6.02. The Morgan fingerprint density at radius 3 is 2.43 bits per heavy atom. The number of nitrogens with zero attached hydrogens (tertiary/aromatic N) is 2. The van der Waals surface area contributed by atoms with Gasteiger partial charge < -0.3 is 31.1 Å². The van der Waals surface area contributed by atoms with Gasteiger partial charge in [0.1, 0.15) is 12.1 Å². The van der Waals surface area contributed by atoms with Crippen LogP contribution in [0.15, 0.2) is 30.3 Å². The molecule has 2 aliphatic heterocycles. The lowest BCUT2D eigenvalue weighted by atomic mass is 9.94. The maximum absolute atomic E-state index is 13.9. The van der Waals surface area contributed by atoms with E-state index in [0.29, 0.717) is 25.8 Å². The highest BCUT2D eigenvalue weighted by Crippen LogP contribution is 2.35. The van der Waals surface area contributed by atoms with E-state index in [4.69, 9.17) is 0 Å². The van der Waals surface area contributed by atoms with Crippen molar-refractivity contribution in [3.8, 4) is 0 Å². The first-order valence-electron chi connectivity index (χ1n) is 13.5. The highest BCUT2D eigenvalue weighted by molar-refractivity contribution is 5.94. The molecule has 0 bridgehead atoms. The van der Waals surface area contributed by atoms with E-state index >= 15 is 0 Å². The van der Waals surface area contributed by atoms with E-state index in [1.807, 2.05) is 18.2 Å². The summed E-state index contributed by atoms with van der Waals surface area (Å²) in [6.45, 7) is 2.20. The summed E-state index contributed by atoms with van der Waals surface area (Å²) >= 11 is 0. The topological polar surface area (TPSA) is 123 Å². The third-order valence-corrected chi connectivity index (χ3v) is 8.21. The molecule has 2 saturated heterocycles. The molecule has 0 aromatic heterocycles. The molecular weight excluding hydrogens is 472 g/mol. The van der Waals surface area contributed by atoms with Crippen molar-refractivity contribution in [2.24, 2.45) is 0 Å². The van der Waals surface area contributed by atoms with Crippen molar-refractivity contribution in [2.75, 3.05) is 27.2 Å². The van der Waals surface area contributed by atoms with Crippen LogP contribution in [0.3, 0.4) is 0 Å². The van der Waals surface area contributed by atoms with Crippen molar-refractivity contribution >= 4 is 23.8 Å². The summed E-state index contributed by atoms with van der Waals surface area (Å²) in [7, 11) is 3.22. The molecule has 37 heavy (non-hydrogen) atoms. The maximum Gasteiger partial charge on any atom is 0.317 e. The third kappa shape index (κ3) is 5.89. The highest BCUT2D eigenvalue weighted by atomic mass is 16.2. The van der Waals surface area contributed by atoms with Crippen LogP contribution in [0.25, 0.3) is 0 Å². The van der Waals surface area contributed by atoms with Crippen LogP contribution in [-0.2, 0) is 14.4 Å². The zero-order chi connectivity index (χ0) is 26.5. The Balaban J connectivity index is 1.52. The number of carbonyl (C=O) groups is 4. The fourth-order valence-corrected chi connectivity index (χ4v) is 6.02. The summed E-state index contributed by atoms with van der Waals surface area (Å²) in [5, 5.41) is 11.6. The molecule has 4 N–H and O–H groups in total. The van der Waals surface area contributed by atoms with Crippen molar-refractivity contribution in [2.45, 2.75) is 81.6 Å². The summed E-state index contributed by atoms with van der Waals surface area (Å²) < 4.78 is 0. The van der Waals surface area contributed by atoms with Crippen molar-refractivity contribution < 1.29 is 19.2 Å². The summed E-state index contributed by atoms with van der Waals surface area (Å²) in [6.07, 6.45) is 4.83. The molecule has 3 aliphatic rings. The van der Waals surface area contributed by atoms with Gasteiger partial charge in [-0.2, -0.15) is 0 Å². The molecule has 6 atom stereocenters. The number of amides is 5. The van der Waals surface area contributed by atoms with E-state index in [0.717, 1.165) is 19.3 Å². The largest absolute Gasteiger partial charge is 0.351 e. The number of urea groups is 1. The van der Waals surface area contributed by atoms with Crippen molar-refractivity contribution in [1.82, 2.24) is 31.1 Å². The molecule has 0 radical (unpaired) electrons. The van der Waals surface area contributed by atoms with Crippen LogP contribution >= 0.6 is 0 Å². The lowest BCUT2D eigenvalue weighted by molar-refractivity contribution is -0.145. The molecule has 1 aliphatic carbocycles. The second-order valence-corrected chi connectivity index (χ2v) is 10.4. The number of likely N-dealkylation sites (N-methyl/N-ethyl adjacent to an activating group) is 1. The predicted octanol–water partition coefficient (Wildman–Crippen LogP) is 0.936. The fraction of sp³-hybridized carbons (Fsp3) is 0.630. The zero-order valence-electron chi connectivity index (χ0n) is 22.0. The van der Waals surface area contributed by atoms with E-state index in [-0.39, 0.29) is 48.3 Å². The number of hydrogen-bond acceptors (Lipinski definition) is 5. The molecule has 1 saturated carbocycles. The Hall–Kier alpha value is -3.14. The first-order chi connectivity index (χ1) is 17.8. The summed E-state index contributed by atoms with van der Waals surface area (Å²) in [5.74, 6) is -0.492. The number of hydrogen-bond donors (Lipinski definition) is 4. The molecule has 1 aromatic carbocycles. The van der Waals surface area contributed by atoms with Crippen LogP contribution in [-0.4, -0.2) is 90.9 Å². The second kappa shape index (κ2) is 11.9. The van der Waals surface area contributed by atoms with Gasteiger partial charge in [-0.05, 0) is 51.6 Å². The van der Waals surface area contributed by atoms with Gasteiger partial charge in [0.05, 0.1) is 12.6 Å². The van der Waals surface area contributed by atoms with Crippen LogP contribution in [0.5, 0.6) is 0 Å². The van der Waals surface area contributed by atoms with Crippen LogP contribution in [0.4, 0.5) is 4.79 Å². The van der Waals surface area contributed by atoms with Gasteiger partial charge in [0.2, 0.25) is 17.7 Å². The highest BCUT2D eigenvalue weighted by Gasteiger charge is 2.46. The molecular formula is C27H40N6O4. The van der Waals surface area contributed by atoms with Gasteiger partial charge in [0.25, 0.3) is 0 Å². The Kier molecular flexibility index (Phi) is 8.68. The van der Waals surface area contributed by atoms with E-state index in [1.54, 1.807) is 30.8 Å². The lowest BCUT2D eigenvalue weighted by Crippen LogP contribution is -2.63. The Bertz CT molecular complexity index is 988. The smallest absolute Gasteiger partial charge is 0.317 e. The summed E-state index contributed by atoms with van der Waals surface area (Å²) in [5.41, 5.74) is 1.23. The molecule has 10 nitrogen and oxygen atoms in total. The second-order valence-electron chi connectivity index (χ2n) is 10.4. The van der Waals surface area contributed by atoms with Crippen LogP contribution in [0.2, 0.25) is 0 Å². The van der Waals surface area contributed by atoms with E-state index in [2.05, 4.69) is 33.4 Å². The van der Waals surface area contributed by atoms with Crippen molar-refractivity contribution in [1.29, 1.82) is 0 Å². The van der Waals surface area contributed by atoms with E-state index in [1.165, 1.54) is 5.56 Å². The molecule has 2 heterocycles. The van der Waals surface area contributed by atoms with Crippen LogP contribution in [0, 0.1) is 0 Å². The van der Waals surface area contributed by atoms with Crippen LogP contribution < -0.4 is 21.3 Å². The minimum atomic E-state index is -0.930. The minimum absolute atomic E-state index is 0.0366. The van der Waals surface area contributed by atoms with Crippen molar-refractivity contribution in [3.05, 3.63) is 35.9 Å². The molecule has 4 rings (SSSR count). The molecule has 5 amide bonds. The average Bonchev–Trinajstić information content (AvgIpc) is 3.55. The monoisotopic (exact) mass is 512 g/mol. The van der Waals surface area contributed by atoms with E-state index in [9.17, 15) is 19.2 Å². The van der Waals surface area contributed by atoms with Gasteiger partial charge in [-0.25, -0.2) is 4.79 Å². The number of fused-ring (bicyclic) bond motifs is 1. The first-order valence-corrected chi connectivity index (χ1v) is 13.5. The Morgan fingerprint density at radius 2 is 1.73 bits per heavy atom. The average molecular weight is 513 g/mol. The molecule has 3 fully saturated rings. The normalized spacial score (nSPS) is 28.6. The molecule has 10 heteroatoms. The third-order valence-electron chi connectivity index (χ3n) is 8.21. The molecule has 202 valence electrons. The number of rotatable bonds is 6. The lowest BCUT2D eigenvalue weighted by Gasteiger charge is -2.39. The van der Waals surface area contributed by atoms with Gasteiger partial charge in [0.15, 0.2) is 0 Å². The molecule has 1 aromatic rings. The van der Waals surface area contributed by atoms with Crippen LogP contribution in [0.1, 0.15) is 56.9 Å². The van der Waals surface area contributed by atoms with Crippen molar-refractivity contribution in [3.63, 3.8) is 0 Å². The Labute approximate surface area is 218 Å². The van der Waals surface area contributed by atoms with Gasteiger partial charge in [-0.15, -0.1) is 0 Å². The number of carbonyl (C=O) groups excluding carboxylic acids is 4.